The molecular formula is C19H19Cl2NO4. The first-order valence-electron chi connectivity index (χ1n) is 8.13. The maximum absolute atomic E-state index is 10.4. The number of nitrogens with zero attached hydrogens (tertiary/aromatic N) is 1. The molecule has 3 aromatic rings. The quantitative estimate of drug-likeness (QED) is 0.572. The summed E-state index contributed by atoms with van der Waals surface area (Å²) in [5.74, 6) is 2.11. The number of hydrogen-bond donors (Lipinski definition) is 1. The molecule has 138 valence electrons. The highest BCUT2D eigenvalue weighted by Gasteiger charge is 2.16. The van der Waals surface area contributed by atoms with Gasteiger partial charge in [0, 0.05) is 11.6 Å². The molecule has 0 saturated carbocycles. The molecule has 0 bridgehead atoms. The number of benzene rings is 1. The number of halogens is 2. The van der Waals surface area contributed by atoms with E-state index in [0.717, 1.165) is 11.5 Å². The number of aliphatic hydroxyl groups is 1. The Labute approximate surface area is 161 Å². The molecule has 2 aromatic heterocycles. The maximum atomic E-state index is 10.4. The fraction of sp³-hybridized carbons (Fsp3) is 0.263. The summed E-state index contributed by atoms with van der Waals surface area (Å²) in [6, 6.07) is 12.4. The van der Waals surface area contributed by atoms with E-state index in [1.165, 1.54) is 0 Å². The minimum absolute atomic E-state index is 0.105. The molecule has 1 atom stereocenters. The third kappa shape index (κ3) is 5.54. The van der Waals surface area contributed by atoms with Gasteiger partial charge in [0.05, 0.1) is 30.6 Å². The van der Waals surface area contributed by atoms with Crippen LogP contribution in [0.5, 0.6) is 5.75 Å². The van der Waals surface area contributed by atoms with Gasteiger partial charge in [0.15, 0.2) is 0 Å². The lowest BCUT2D eigenvalue weighted by Gasteiger charge is -2.23. The molecule has 1 unspecified atom stereocenters. The third-order valence-electron chi connectivity index (χ3n) is 3.71. The molecular weight excluding hydrogens is 377 g/mol. The van der Waals surface area contributed by atoms with Crippen molar-refractivity contribution >= 4 is 23.2 Å². The van der Waals surface area contributed by atoms with Crippen molar-refractivity contribution in [2.75, 3.05) is 13.2 Å². The van der Waals surface area contributed by atoms with Gasteiger partial charge in [-0.3, -0.25) is 4.90 Å². The lowest BCUT2D eigenvalue weighted by Crippen LogP contribution is -2.34. The van der Waals surface area contributed by atoms with Crippen LogP contribution in [0.4, 0.5) is 0 Å². The van der Waals surface area contributed by atoms with E-state index < -0.39 is 6.10 Å². The monoisotopic (exact) mass is 395 g/mol. The molecule has 0 aliphatic rings. The van der Waals surface area contributed by atoms with Gasteiger partial charge < -0.3 is 18.7 Å². The summed E-state index contributed by atoms with van der Waals surface area (Å²) in [4.78, 5) is 2.02. The van der Waals surface area contributed by atoms with E-state index in [0.29, 0.717) is 35.4 Å². The van der Waals surface area contributed by atoms with E-state index in [2.05, 4.69) is 0 Å². The van der Waals surface area contributed by atoms with Crippen LogP contribution >= 0.6 is 23.2 Å². The van der Waals surface area contributed by atoms with Crippen molar-refractivity contribution in [3.63, 3.8) is 0 Å². The molecule has 0 radical (unpaired) electrons. The topological polar surface area (TPSA) is 59.0 Å². The Morgan fingerprint density at radius 1 is 1.00 bits per heavy atom. The second-order valence-electron chi connectivity index (χ2n) is 5.87. The average molecular weight is 396 g/mol. The summed E-state index contributed by atoms with van der Waals surface area (Å²) in [6.45, 7) is 1.58. The van der Waals surface area contributed by atoms with Crippen LogP contribution in [0.3, 0.4) is 0 Å². The van der Waals surface area contributed by atoms with Crippen LogP contribution in [0.15, 0.2) is 63.8 Å². The van der Waals surface area contributed by atoms with Gasteiger partial charge in [0.2, 0.25) is 0 Å². The molecule has 5 nitrogen and oxygen atoms in total. The molecule has 3 rings (SSSR count). The second kappa shape index (κ2) is 9.14. The summed E-state index contributed by atoms with van der Waals surface area (Å²) in [5, 5.41) is 11.3. The van der Waals surface area contributed by atoms with Crippen molar-refractivity contribution in [3.8, 4) is 5.75 Å². The highest BCUT2D eigenvalue weighted by Crippen LogP contribution is 2.27. The highest BCUT2D eigenvalue weighted by atomic mass is 35.5. The van der Waals surface area contributed by atoms with Crippen molar-refractivity contribution in [3.05, 3.63) is 76.6 Å². The number of aliphatic hydroxyl groups excluding tert-OH is 1. The molecule has 0 saturated heterocycles. The van der Waals surface area contributed by atoms with Gasteiger partial charge in [-0.1, -0.05) is 23.2 Å². The Hall–Kier alpha value is -1.92. The van der Waals surface area contributed by atoms with E-state index in [1.54, 1.807) is 30.7 Å². The fourth-order valence-corrected chi connectivity index (χ4v) is 3.02. The molecule has 0 amide bonds. The highest BCUT2D eigenvalue weighted by molar-refractivity contribution is 6.35. The third-order valence-corrected chi connectivity index (χ3v) is 4.24. The number of ether oxygens (including phenoxy) is 1. The smallest absolute Gasteiger partial charge is 0.138 e. The van der Waals surface area contributed by atoms with Crippen molar-refractivity contribution < 1.29 is 18.7 Å². The number of furan rings is 2. The van der Waals surface area contributed by atoms with Gasteiger partial charge in [-0.05, 0) is 42.5 Å². The van der Waals surface area contributed by atoms with Gasteiger partial charge in [0.1, 0.15) is 30.0 Å². The summed E-state index contributed by atoms with van der Waals surface area (Å²) < 4.78 is 16.4. The minimum atomic E-state index is -0.716. The van der Waals surface area contributed by atoms with Crippen LogP contribution in [0.2, 0.25) is 10.0 Å². The van der Waals surface area contributed by atoms with Gasteiger partial charge in [-0.25, -0.2) is 0 Å². The Balaban J connectivity index is 1.57. The molecule has 0 fully saturated rings. The van der Waals surface area contributed by atoms with E-state index in [1.807, 2.05) is 29.2 Å². The van der Waals surface area contributed by atoms with Gasteiger partial charge in [-0.2, -0.15) is 0 Å². The van der Waals surface area contributed by atoms with Gasteiger partial charge >= 0.3 is 0 Å². The minimum Gasteiger partial charge on any atom is -0.489 e. The first-order valence-corrected chi connectivity index (χ1v) is 8.89. The second-order valence-corrected chi connectivity index (χ2v) is 6.71. The largest absolute Gasteiger partial charge is 0.489 e. The summed E-state index contributed by atoms with van der Waals surface area (Å²) in [5.41, 5.74) is 0. The number of rotatable bonds is 9. The lowest BCUT2D eigenvalue weighted by molar-refractivity contribution is 0.0580. The lowest BCUT2D eigenvalue weighted by atomic mass is 10.3. The molecule has 7 heteroatoms. The zero-order valence-electron chi connectivity index (χ0n) is 14.0. The van der Waals surface area contributed by atoms with Crippen LogP contribution in [-0.2, 0) is 13.1 Å². The molecule has 1 N–H and O–H groups in total. The summed E-state index contributed by atoms with van der Waals surface area (Å²) in [6.07, 6.45) is 2.54. The van der Waals surface area contributed by atoms with E-state index in [-0.39, 0.29) is 6.61 Å². The Bertz CT molecular complexity index is 754. The van der Waals surface area contributed by atoms with Gasteiger partial charge in [0.25, 0.3) is 0 Å². The normalized spacial score (nSPS) is 12.5. The number of hydrogen-bond acceptors (Lipinski definition) is 5. The Kier molecular flexibility index (Phi) is 6.63. The average Bonchev–Trinajstić information content (AvgIpc) is 3.28. The van der Waals surface area contributed by atoms with Crippen LogP contribution < -0.4 is 4.74 Å². The van der Waals surface area contributed by atoms with Crippen molar-refractivity contribution in [1.29, 1.82) is 0 Å². The maximum Gasteiger partial charge on any atom is 0.138 e. The summed E-state index contributed by atoms with van der Waals surface area (Å²) in [7, 11) is 0. The zero-order chi connectivity index (χ0) is 18.4. The Morgan fingerprint density at radius 3 is 2.19 bits per heavy atom. The molecule has 2 heterocycles. The molecule has 0 aliphatic carbocycles. The Morgan fingerprint density at radius 2 is 1.65 bits per heavy atom. The predicted molar refractivity (Wildman–Crippen MR) is 99.5 cm³/mol. The van der Waals surface area contributed by atoms with Crippen LogP contribution in [0.25, 0.3) is 0 Å². The van der Waals surface area contributed by atoms with Crippen molar-refractivity contribution in [1.82, 2.24) is 4.90 Å². The standard InChI is InChI=1S/C19H19Cl2NO4/c20-14-5-6-19(18(21)9-14)26-13-15(23)10-22(11-16-3-1-7-24-16)12-17-4-2-8-25-17/h1-9,15,23H,10-13H2. The predicted octanol–water partition coefficient (Wildman–Crippen LogP) is 4.62. The first-order chi connectivity index (χ1) is 12.6. The fourth-order valence-electron chi connectivity index (χ4n) is 2.56. The van der Waals surface area contributed by atoms with E-state index >= 15 is 0 Å². The van der Waals surface area contributed by atoms with Crippen LogP contribution in [-0.4, -0.2) is 29.3 Å². The summed E-state index contributed by atoms with van der Waals surface area (Å²) >= 11 is 12.0. The first kappa shape index (κ1) is 18.9. The molecule has 26 heavy (non-hydrogen) atoms. The van der Waals surface area contributed by atoms with Crippen LogP contribution in [0, 0.1) is 0 Å². The molecule has 0 aliphatic heterocycles. The van der Waals surface area contributed by atoms with E-state index in [9.17, 15) is 5.11 Å². The van der Waals surface area contributed by atoms with Crippen molar-refractivity contribution in [2.24, 2.45) is 0 Å². The zero-order valence-corrected chi connectivity index (χ0v) is 15.5. The molecule has 0 spiro atoms. The van der Waals surface area contributed by atoms with E-state index in [4.69, 9.17) is 36.8 Å². The molecule has 1 aromatic carbocycles. The SMILES string of the molecule is OC(COc1ccc(Cl)cc1Cl)CN(Cc1ccco1)Cc1ccco1. The van der Waals surface area contributed by atoms with Crippen molar-refractivity contribution in [2.45, 2.75) is 19.2 Å². The van der Waals surface area contributed by atoms with Gasteiger partial charge in [-0.15, -0.1) is 0 Å². The van der Waals surface area contributed by atoms with Crippen LogP contribution in [0.1, 0.15) is 11.5 Å².